The summed E-state index contributed by atoms with van der Waals surface area (Å²) in [6.45, 7) is 5.99. The van der Waals surface area contributed by atoms with Crippen molar-refractivity contribution in [3.8, 4) is 0 Å². The molecule has 4 heteroatoms. The molecule has 1 atom stereocenters. The number of amides is 1. The minimum atomic E-state index is -0.857. The van der Waals surface area contributed by atoms with Gasteiger partial charge in [-0.1, -0.05) is 19.8 Å². The molecule has 0 saturated heterocycles. The normalized spacial score (nSPS) is 15.1. The first-order valence-electron chi connectivity index (χ1n) is 6.17. The molecule has 0 aromatic rings. The maximum atomic E-state index is 11.0. The Labute approximate surface area is 99.4 Å². The van der Waals surface area contributed by atoms with Crippen molar-refractivity contribution < 1.29 is 4.79 Å². The SMILES string of the molecule is CCCCCN(C)CCCC(C)(N)C(N)=O. The number of hydrogen-bond donors (Lipinski definition) is 2. The van der Waals surface area contributed by atoms with Gasteiger partial charge in [0.15, 0.2) is 0 Å². The van der Waals surface area contributed by atoms with Gasteiger partial charge in [0, 0.05) is 0 Å². The number of hydrogen-bond acceptors (Lipinski definition) is 3. The molecule has 4 nitrogen and oxygen atoms in total. The molecule has 1 unspecified atom stereocenters. The second-order valence-electron chi connectivity index (χ2n) is 4.90. The van der Waals surface area contributed by atoms with Crippen LogP contribution in [-0.2, 0) is 4.79 Å². The Morgan fingerprint density at radius 1 is 1.25 bits per heavy atom. The topological polar surface area (TPSA) is 72.3 Å². The van der Waals surface area contributed by atoms with Gasteiger partial charge in [-0.2, -0.15) is 0 Å². The van der Waals surface area contributed by atoms with Gasteiger partial charge in [-0.25, -0.2) is 0 Å². The fourth-order valence-corrected chi connectivity index (χ4v) is 1.58. The highest BCUT2D eigenvalue weighted by Gasteiger charge is 2.24. The van der Waals surface area contributed by atoms with Crippen molar-refractivity contribution in [2.75, 3.05) is 20.1 Å². The van der Waals surface area contributed by atoms with E-state index < -0.39 is 11.4 Å². The van der Waals surface area contributed by atoms with Crippen LogP contribution < -0.4 is 11.5 Å². The molecule has 0 aliphatic rings. The number of nitrogens with two attached hydrogens (primary N) is 2. The molecule has 0 aromatic heterocycles. The van der Waals surface area contributed by atoms with Gasteiger partial charge in [-0.3, -0.25) is 4.79 Å². The van der Waals surface area contributed by atoms with Crippen molar-refractivity contribution in [3.05, 3.63) is 0 Å². The molecule has 1 amide bonds. The average Bonchev–Trinajstić information content (AvgIpc) is 2.17. The first kappa shape index (κ1) is 15.4. The van der Waals surface area contributed by atoms with Crippen molar-refractivity contribution in [1.29, 1.82) is 0 Å². The molecule has 0 aliphatic heterocycles. The van der Waals surface area contributed by atoms with Crippen LogP contribution in [0.5, 0.6) is 0 Å². The van der Waals surface area contributed by atoms with Gasteiger partial charge < -0.3 is 16.4 Å². The van der Waals surface area contributed by atoms with Crippen molar-refractivity contribution in [2.24, 2.45) is 11.5 Å². The highest BCUT2D eigenvalue weighted by Crippen LogP contribution is 2.08. The molecule has 0 spiro atoms. The summed E-state index contributed by atoms with van der Waals surface area (Å²) in [7, 11) is 2.10. The molecule has 4 N–H and O–H groups in total. The van der Waals surface area contributed by atoms with Crippen LogP contribution in [0.1, 0.15) is 46.0 Å². The molecule has 0 rings (SSSR count). The first-order valence-corrected chi connectivity index (χ1v) is 6.17. The summed E-state index contributed by atoms with van der Waals surface area (Å²) in [5.74, 6) is -0.416. The summed E-state index contributed by atoms with van der Waals surface area (Å²) >= 11 is 0. The lowest BCUT2D eigenvalue weighted by atomic mass is 9.96. The van der Waals surface area contributed by atoms with E-state index >= 15 is 0 Å². The maximum Gasteiger partial charge on any atom is 0.237 e. The standard InChI is InChI=1S/C12H27N3O/c1-4-5-6-9-15(3)10-7-8-12(2,14)11(13)16/h4-10,14H2,1-3H3,(H2,13,16). The average molecular weight is 229 g/mol. The van der Waals surface area contributed by atoms with Crippen LogP contribution in [0.15, 0.2) is 0 Å². The van der Waals surface area contributed by atoms with Crippen LogP contribution in [0, 0.1) is 0 Å². The predicted molar refractivity (Wildman–Crippen MR) is 68.0 cm³/mol. The van der Waals surface area contributed by atoms with Crippen LogP contribution in [-0.4, -0.2) is 36.5 Å². The molecule has 0 radical (unpaired) electrons. The number of rotatable bonds is 9. The monoisotopic (exact) mass is 229 g/mol. The Morgan fingerprint density at radius 3 is 2.31 bits per heavy atom. The van der Waals surface area contributed by atoms with Gasteiger partial charge in [0.1, 0.15) is 0 Å². The molecular weight excluding hydrogens is 202 g/mol. The third kappa shape index (κ3) is 6.80. The Morgan fingerprint density at radius 2 is 1.81 bits per heavy atom. The highest BCUT2D eigenvalue weighted by molar-refractivity contribution is 5.83. The second-order valence-corrected chi connectivity index (χ2v) is 4.90. The van der Waals surface area contributed by atoms with Gasteiger partial charge in [0.25, 0.3) is 0 Å². The van der Waals surface area contributed by atoms with Crippen LogP contribution in [0.25, 0.3) is 0 Å². The van der Waals surface area contributed by atoms with Crippen LogP contribution in [0.4, 0.5) is 0 Å². The maximum absolute atomic E-state index is 11.0. The molecule has 16 heavy (non-hydrogen) atoms. The fourth-order valence-electron chi connectivity index (χ4n) is 1.58. The van der Waals surface area contributed by atoms with E-state index in [1.54, 1.807) is 6.92 Å². The van der Waals surface area contributed by atoms with Gasteiger partial charge in [0.2, 0.25) is 5.91 Å². The van der Waals surface area contributed by atoms with E-state index in [2.05, 4.69) is 18.9 Å². The number of primary amides is 1. The summed E-state index contributed by atoms with van der Waals surface area (Å²) in [4.78, 5) is 13.3. The minimum Gasteiger partial charge on any atom is -0.368 e. The first-order chi connectivity index (χ1) is 7.40. The molecule has 0 aromatic carbocycles. The van der Waals surface area contributed by atoms with Crippen molar-refractivity contribution in [1.82, 2.24) is 4.90 Å². The summed E-state index contributed by atoms with van der Waals surface area (Å²) in [5.41, 5.74) is 10.1. The quantitative estimate of drug-likeness (QED) is 0.581. The zero-order valence-corrected chi connectivity index (χ0v) is 11.0. The lowest BCUT2D eigenvalue weighted by molar-refractivity contribution is -0.122. The lowest BCUT2D eigenvalue weighted by Crippen LogP contribution is -2.49. The van der Waals surface area contributed by atoms with Crippen LogP contribution in [0.3, 0.4) is 0 Å². The summed E-state index contributed by atoms with van der Waals surface area (Å²) < 4.78 is 0. The van der Waals surface area contributed by atoms with Crippen molar-refractivity contribution in [2.45, 2.75) is 51.5 Å². The summed E-state index contributed by atoms with van der Waals surface area (Å²) in [5, 5.41) is 0. The van der Waals surface area contributed by atoms with Gasteiger partial charge in [0.05, 0.1) is 5.54 Å². The fraction of sp³-hybridized carbons (Fsp3) is 0.917. The summed E-state index contributed by atoms with van der Waals surface area (Å²) in [6, 6.07) is 0. The third-order valence-electron chi connectivity index (χ3n) is 2.94. The zero-order valence-electron chi connectivity index (χ0n) is 11.0. The smallest absolute Gasteiger partial charge is 0.237 e. The molecule has 0 fully saturated rings. The molecule has 0 heterocycles. The lowest BCUT2D eigenvalue weighted by Gasteiger charge is -2.22. The molecule has 96 valence electrons. The molecule has 0 saturated carbocycles. The van der Waals surface area contributed by atoms with E-state index in [-0.39, 0.29) is 0 Å². The van der Waals surface area contributed by atoms with E-state index in [9.17, 15) is 4.79 Å². The number of unbranched alkanes of at least 4 members (excludes halogenated alkanes) is 2. The number of nitrogens with zero attached hydrogens (tertiary/aromatic N) is 1. The molecular formula is C12H27N3O. The minimum absolute atomic E-state index is 0.416. The largest absolute Gasteiger partial charge is 0.368 e. The van der Waals surface area contributed by atoms with Gasteiger partial charge >= 0.3 is 0 Å². The van der Waals surface area contributed by atoms with E-state index in [4.69, 9.17) is 11.5 Å². The summed E-state index contributed by atoms with van der Waals surface area (Å²) in [6.07, 6.45) is 5.33. The Kier molecular flexibility index (Phi) is 7.34. The predicted octanol–water partition coefficient (Wildman–Crippen LogP) is 1.09. The number of carbonyl (C=O) groups is 1. The van der Waals surface area contributed by atoms with Crippen LogP contribution >= 0.6 is 0 Å². The Hall–Kier alpha value is -0.610. The van der Waals surface area contributed by atoms with Crippen LogP contribution in [0.2, 0.25) is 0 Å². The van der Waals surface area contributed by atoms with E-state index in [0.717, 1.165) is 19.5 Å². The van der Waals surface area contributed by atoms with E-state index in [1.165, 1.54) is 19.3 Å². The molecule has 0 aliphatic carbocycles. The van der Waals surface area contributed by atoms with E-state index in [0.29, 0.717) is 6.42 Å². The highest BCUT2D eigenvalue weighted by atomic mass is 16.1. The van der Waals surface area contributed by atoms with E-state index in [1.807, 2.05) is 0 Å². The third-order valence-corrected chi connectivity index (χ3v) is 2.94. The zero-order chi connectivity index (χ0) is 12.6. The van der Waals surface area contributed by atoms with Crippen molar-refractivity contribution >= 4 is 5.91 Å². The Balaban J connectivity index is 3.61. The number of carbonyl (C=O) groups excluding carboxylic acids is 1. The van der Waals surface area contributed by atoms with Gasteiger partial charge in [-0.05, 0) is 46.3 Å². The second kappa shape index (κ2) is 7.63. The molecule has 0 bridgehead atoms. The van der Waals surface area contributed by atoms with Gasteiger partial charge in [-0.15, -0.1) is 0 Å². The van der Waals surface area contributed by atoms with Crippen molar-refractivity contribution in [3.63, 3.8) is 0 Å². The Bertz CT molecular complexity index is 204.